The number of hydrogen-bond acceptors (Lipinski definition) is 2. The zero-order valence-electron chi connectivity index (χ0n) is 7.48. The van der Waals surface area contributed by atoms with E-state index in [4.69, 9.17) is 0 Å². The van der Waals surface area contributed by atoms with Gasteiger partial charge in [0.2, 0.25) is 0 Å². The molecular weight excluding hydrogens is 124 g/mol. The molecule has 0 rings (SSSR count). The van der Waals surface area contributed by atoms with Gasteiger partial charge in [0, 0.05) is 13.1 Å². The van der Waals surface area contributed by atoms with Crippen molar-refractivity contribution in [3.8, 4) is 0 Å². The first-order chi connectivity index (χ1) is 4.85. The fourth-order valence-corrected chi connectivity index (χ4v) is 0.954. The van der Waals surface area contributed by atoms with E-state index in [2.05, 4.69) is 24.3 Å². The summed E-state index contributed by atoms with van der Waals surface area (Å²) in [4.78, 5) is 0. The van der Waals surface area contributed by atoms with Crippen LogP contribution in [0, 0.1) is 0 Å². The Kier molecular flexibility index (Phi) is 6.98. The highest BCUT2D eigenvalue weighted by Crippen LogP contribution is 1.91. The molecule has 0 aromatic heterocycles. The third-order valence-corrected chi connectivity index (χ3v) is 1.59. The van der Waals surface area contributed by atoms with Crippen LogP contribution in [0.2, 0.25) is 0 Å². The maximum Gasteiger partial charge on any atom is 0.0130 e. The van der Waals surface area contributed by atoms with Gasteiger partial charge in [-0.15, -0.1) is 0 Å². The van der Waals surface area contributed by atoms with Crippen LogP contribution in [0.15, 0.2) is 0 Å². The van der Waals surface area contributed by atoms with E-state index in [-0.39, 0.29) is 0 Å². The Morgan fingerprint density at radius 1 is 1.10 bits per heavy atom. The van der Waals surface area contributed by atoms with E-state index in [0.717, 1.165) is 6.54 Å². The van der Waals surface area contributed by atoms with Gasteiger partial charge in [0.1, 0.15) is 0 Å². The molecule has 0 unspecified atom stereocenters. The summed E-state index contributed by atoms with van der Waals surface area (Å²) in [6.07, 6.45) is 3.80. The van der Waals surface area contributed by atoms with Gasteiger partial charge in [-0.05, 0) is 19.9 Å². The van der Waals surface area contributed by atoms with Crippen LogP contribution in [0.3, 0.4) is 0 Å². The lowest BCUT2D eigenvalue weighted by Gasteiger charge is -2.19. The Labute approximate surface area is 64.6 Å². The van der Waals surface area contributed by atoms with Crippen molar-refractivity contribution in [2.24, 2.45) is 0 Å². The van der Waals surface area contributed by atoms with Gasteiger partial charge >= 0.3 is 0 Å². The lowest BCUT2D eigenvalue weighted by atomic mass is 10.3. The third kappa shape index (κ3) is 4.77. The molecule has 0 heterocycles. The minimum atomic E-state index is 1.16. The fraction of sp³-hybridized carbons (Fsp3) is 1.00. The summed E-state index contributed by atoms with van der Waals surface area (Å²) in [7, 11) is 1.99. The first-order valence-electron chi connectivity index (χ1n) is 4.27. The third-order valence-electron chi connectivity index (χ3n) is 1.59. The molecule has 0 spiro atoms. The van der Waals surface area contributed by atoms with Crippen molar-refractivity contribution in [1.82, 2.24) is 10.4 Å². The summed E-state index contributed by atoms with van der Waals surface area (Å²) in [5.41, 5.74) is 3.17. The molecule has 0 aliphatic rings. The van der Waals surface area contributed by atoms with Crippen molar-refractivity contribution < 1.29 is 0 Å². The summed E-state index contributed by atoms with van der Waals surface area (Å²) >= 11 is 0. The van der Waals surface area contributed by atoms with E-state index in [1.807, 2.05) is 7.05 Å². The Hall–Kier alpha value is -0.0800. The van der Waals surface area contributed by atoms with Gasteiger partial charge in [0.15, 0.2) is 0 Å². The topological polar surface area (TPSA) is 15.3 Å². The lowest BCUT2D eigenvalue weighted by Crippen LogP contribution is -2.36. The first kappa shape index (κ1) is 9.92. The van der Waals surface area contributed by atoms with E-state index in [0.29, 0.717) is 0 Å². The number of nitrogens with zero attached hydrogens (tertiary/aromatic N) is 1. The Bertz CT molecular complexity index is 64.3. The molecule has 62 valence electrons. The van der Waals surface area contributed by atoms with Crippen molar-refractivity contribution in [1.29, 1.82) is 0 Å². The normalized spacial score (nSPS) is 10.8. The molecule has 10 heavy (non-hydrogen) atoms. The van der Waals surface area contributed by atoms with E-state index in [1.54, 1.807) is 0 Å². The number of hydrogen-bond donors (Lipinski definition) is 1. The van der Waals surface area contributed by atoms with Gasteiger partial charge in [-0.1, -0.05) is 20.3 Å². The van der Waals surface area contributed by atoms with Crippen LogP contribution in [0.5, 0.6) is 0 Å². The highest BCUT2D eigenvalue weighted by molar-refractivity contribution is 4.47. The molecule has 0 saturated heterocycles. The highest BCUT2D eigenvalue weighted by atomic mass is 15.5. The van der Waals surface area contributed by atoms with E-state index < -0.39 is 0 Å². The lowest BCUT2D eigenvalue weighted by molar-refractivity contribution is 0.205. The van der Waals surface area contributed by atoms with Crippen LogP contribution in [0.4, 0.5) is 0 Å². The number of nitrogens with one attached hydrogen (secondary N) is 1. The molecule has 0 bridgehead atoms. The smallest absolute Gasteiger partial charge is 0.0130 e. The molecule has 1 N–H and O–H groups in total. The second kappa shape index (κ2) is 7.03. The molecule has 2 heteroatoms. The van der Waals surface area contributed by atoms with Crippen molar-refractivity contribution >= 4 is 0 Å². The van der Waals surface area contributed by atoms with Crippen molar-refractivity contribution in [3.63, 3.8) is 0 Å². The van der Waals surface area contributed by atoms with E-state index in [1.165, 1.54) is 25.8 Å². The zero-order valence-corrected chi connectivity index (χ0v) is 7.48. The fourth-order valence-electron chi connectivity index (χ4n) is 0.954. The average molecular weight is 144 g/mol. The van der Waals surface area contributed by atoms with Crippen LogP contribution >= 0.6 is 0 Å². The van der Waals surface area contributed by atoms with Crippen LogP contribution in [-0.2, 0) is 0 Å². The van der Waals surface area contributed by atoms with Gasteiger partial charge in [-0.3, -0.25) is 5.43 Å². The first-order valence-corrected chi connectivity index (χ1v) is 4.27. The number of unbranched alkanes of at least 4 members (excludes halogenated alkanes) is 1. The van der Waals surface area contributed by atoms with E-state index >= 15 is 0 Å². The van der Waals surface area contributed by atoms with Gasteiger partial charge in [-0.25, -0.2) is 5.01 Å². The van der Waals surface area contributed by atoms with Gasteiger partial charge in [0.05, 0.1) is 0 Å². The molecule has 0 aliphatic heterocycles. The predicted molar refractivity (Wildman–Crippen MR) is 45.8 cm³/mol. The molecule has 0 radical (unpaired) electrons. The number of hydrazine groups is 1. The monoisotopic (exact) mass is 144 g/mol. The largest absolute Gasteiger partial charge is 0.258 e. The highest BCUT2D eigenvalue weighted by Gasteiger charge is 1.96. The average Bonchev–Trinajstić information content (AvgIpc) is 1.98. The minimum absolute atomic E-state index is 1.16. The van der Waals surface area contributed by atoms with Gasteiger partial charge in [0.25, 0.3) is 0 Å². The molecule has 0 aliphatic carbocycles. The molecule has 0 amide bonds. The molecular formula is C8H20N2. The Balaban J connectivity index is 3.21. The molecule has 0 aromatic rings. The van der Waals surface area contributed by atoms with Crippen molar-refractivity contribution in [3.05, 3.63) is 0 Å². The van der Waals surface area contributed by atoms with Crippen LogP contribution in [0.1, 0.15) is 33.1 Å². The maximum absolute atomic E-state index is 3.17. The summed E-state index contributed by atoms with van der Waals surface area (Å²) in [6, 6.07) is 0. The molecule has 0 aromatic carbocycles. The standard InChI is InChI=1S/C8H20N2/c1-4-6-8-10(9-3)7-5-2/h9H,4-8H2,1-3H3. The molecule has 2 nitrogen and oxygen atoms in total. The summed E-state index contributed by atoms with van der Waals surface area (Å²) in [6.45, 7) is 6.77. The predicted octanol–water partition coefficient (Wildman–Crippen LogP) is 1.63. The van der Waals surface area contributed by atoms with Gasteiger partial charge < -0.3 is 0 Å². The minimum Gasteiger partial charge on any atom is -0.258 e. The summed E-state index contributed by atoms with van der Waals surface area (Å²) in [5, 5.41) is 2.27. The molecule has 0 fully saturated rings. The molecule has 0 saturated carbocycles. The maximum atomic E-state index is 3.17. The van der Waals surface area contributed by atoms with Crippen LogP contribution < -0.4 is 5.43 Å². The van der Waals surface area contributed by atoms with Crippen molar-refractivity contribution in [2.45, 2.75) is 33.1 Å². The summed E-state index contributed by atoms with van der Waals surface area (Å²) in [5.74, 6) is 0. The van der Waals surface area contributed by atoms with Crippen LogP contribution in [0.25, 0.3) is 0 Å². The van der Waals surface area contributed by atoms with Crippen LogP contribution in [-0.4, -0.2) is 25.1 Å². The number of rotatable bonds is 6. The van der Waals surface area contributed by atoms with Crippen molar-refractivity contribution in [2.75, 3.05) is 20.1 Å². The zero-order chi connectivity index (χ0) is 7.82. The summed E-state index contributed by atoms with van der Waals surface area (Å²) < 4.78 is 0. The van der Waals surface area contributed by atoms with Gasteiger partial charge in [-0.2, -0.15) is 0 Å². The van der Waals surface area contributed by atoms with E-state index in [9.17, 15) is 0 Å². The molecule has 0 atom stereocenters. The second-order valence-corrected chi connectivity index (χ2v) is 2.56. The Morgan fingerprint density at radius 2 is 1.80 bits per heavy atom. The second-order valence-electron chi connectivity index (χ2n) is 2.56. The quantitative estimate of drug-likeness (QED) is 0.570. The SMILES string of the molecule is CCCCN(CCC)NC. The Morgan fingerprint density at radius 3 is 2.20 bits per heavy atom.